The summed E-state index contributed by atoms with van der Waals surface area (Å²) < 4.78 is 43.3. The third kappa shape index (κ3) is 4.22. The van der Waals surface area contributed by atoms with Crippen molar-refractivity contribution in [1.29, 1.82) is 0 Å². The molecule has 3 atom stereocenters. The first-order chi connectivity index (χ1) is 10.7. The third-order valence-corrected chi connectivity index (χ3v) is 3.71. The Morgan fingerprint density at radius 1 is 1.39 bits per heavy atom. The number of benzene rings is 1. The molecule has 1 fully saturated rings. The molecular weight excluding hydrogens is 315 g/mol. The smallest absolute Gasteiger partial charge is 0.416 e. The number of halogens is 3. The average molecular weight is 331 g/mol. The molecule has 0 saturated heterocycles. The topological polar surface area (TPSA) is 75.6 Å². The maximum absolute atomic E-state index is 12.8. The van der Waals surface area contributed by atoms with Crippen LogP contribution in [0.25, 0.3) is 0 Å². The maximum Gasteiger partial charge on any atom is 0.416 e. The second-order valence-corrected chi connectivity index (χ2v) is 5.43. The van der Waals surface area contributed by atoms with Crippen molar-refractivity contribution in [3.63, 3.8) is 0 Å². The number of hydrogen-bond donors (Lipinski definition) is 2. The number of ether oxygens (including phenoxy) is 1. The third-order valence-electron chi connectivity index (χ3n) is 3.71. The van der Waals surface area contributed by atoms with E-state index in [0.29, 0.717) is 0 Å². The summed E-state index contributed by atoms with van der Waals surface area (Å²) in [6.07, 6.45) is -4.24. The van der Waals surface area contributed by atoms with Gasteiger partial charge in [0.15, 0.2) is 0 Å². The molecule has 0 aromatic heterocycles. The van der Waals surface area contributed by atoms with Crippen molar-refractivity contribution < 1.29 is 32.6 Å². The van der Waals surface area contributed by atoms with Gasteiger partial charge in [0, 0.05) is 7.11 Å². The molecule has 126 valence electrons. The number of rotatable bonds is 6. The molecular formula is C15H16F3NO4. The molecule has 1 aromatic rings. The van der Waals surface area contributed by atoms with E-state index in [-0.39, 0.29) is 18.6 Å². The number of nitrogens with one attached hydrogen (secondary N) is 1. The fraction of sp³-hybridized carbons (Fsp3) is 0.467. The Bertz CT molecular complexity index is 603. The molecule has 1 aliphatic carbocycles. The lowest BCUT2D eigenvalue weighted by atomic mass is 10.0. The lowest BCUT2D eigenvalue weighted by Gasteiger charge is -2.19. The minimum absolute atomic E-state index is 0.0164. The molecule has 0 aliphatic heterocycles. The van der Waals surface area contributed by atoms with E-state index in [1.165, 1.54) is 19.2 Å². The van der Waals surface area contributed by atoms with Crippen LogP contribution in [0.15, 0.2) is 24.3 Å². The highest BCUT2D eigenvalue weighted by atomic mass is 19.4. The van der Waals surface area contributed by atoms with Gasteiger partial charge in [0.25, 0.3) is 0 Å². The van der Waals surface area contributed by atoms with Crippen LogP contribution in [0.4, 0.5) is 13.2 Å². The van der Waals surface area contributed by atoms with Gasteiger partial charge < -0.3 is 15.2 Å². The number of methoxy groups -OCH3 is 1. The molecule has 5 nitrogen and oxygen atoms in total. The molecule has 0 spiro atoms. The van der Waals surface area contributed by atoms with Crippen LogP contribution in [0.3, 0.4) is 0 Å². The van der Waals surface area contributed by atoms with Crippen LogP contribution >= 0.6 is 0 Å². The highest BCUT2D eigenvalue weighted by Crippen LogP contribution is 2.39. The minimum atomic E-state index is -4.48. The van der Waals surface area contributed by atoms with Crippen LogP contribution in [0, 0.1) is 11.8 Å². The fourth-order valence-corrected chi connectivity index (χ4v) is 2.36. The van der Waals surface area contributed by atoms with Gasteiger partial charge in [0.2, 0.25) is 5.91 Å². The predicted octanol–water partition coefficient (Wildman–Crippen LogP) is 2.23. The summed E-state index contributed by atoms with van der Waals surface area (Å²) in [5.41, 5.74) is -0.567. The van der Waals surface area contributed by atoms with Gasteiger partial charge in [-0.3, -0.25) is 9.59 Å². The van der Waals surface area contributed by atoms with Crippen LogP contribution in [-0.4, -0.2) is 30.7 Å². The molecule has 2 rings (SSSR count). The fourth-order valence-electron chi connectivity index (χ4n) is 2.36. The van der Waals surface area contributed by atoms with Crippen LogP contribution in [0.1, 0.15) is 23.6 Å². The zero-order valence-electron chi connectivity index (χ0n) is 12.3. The first-order valence-corrected chi connectivity index (χ1v) is 6.93. The van der Waals surface area contributed by atoms with Gasteiger partial charge in [-0.25, -0.2) is 0 Å². The number of alkyl halides is 3. The highest BCUT2D eigenvalue weighted by Gasteiger charge is 2.48. The quantitative estimate of drug-likeness (QED) is 0.838. The summed E-state index contributed by atoms with van der Waals surface area (Å²) in [6, 6.07) is 3.83. The zero-order valence-corrected chi connectivity index (χ0v) is 12.3. The largest absolute Gasteiger partial charge is 0.481 e. The van der Waals surface area contributed by atoms with Crippen molar-refractivity contribution in [1.82, 2.24) is 5.32 Å². The van der Waals surface area contributed by atoms with Gasteiger partial charge in [0.05, 0.1) is 30.0 Å². The van der Waals surface area contributed by atoms with Crippen molar-refractivity contribution in [3.05, 3.63) is 35.4 Å². The number of carbonyl (C=O) groups is 2. The van der Waals surface area contributed by atoms with Crippen LogP contribution in [-0.2, 0) is 20.5 Å². The van der Waals surface area contributed by atoms with E-state index in [4.69, 9.17) is 9.84 Å². The predicted molar refractivity (Wildman–Crippen MR) is 73.4 cm³/mol. The number of hydrogen-bond acceptors (Lipinski definition) is 3. The molecule has 0 unspecified atom stereocenters. The lowest BCUT2D eigenvalue weighted by Crippen LogP contribution is -2.33. The second kappa shape index (κ2) is 6.57. The molecule has 2 N–H and O–H groups in total. The van der Waals surface area contributed by atoms with Gasteiger partial charge >= 0.3 is 12.1 Å². The normalized spacial score (nSPS) is 21.6. The number of carboxylic acids is 1. The average Bonchev–Trinajstić information content (AvgIpc) is 3.26. The molecule has 1 saturated carbocycles. The Kier molecular flexibility index (Phi) is 4.93. The Labute approximate surface area is 130 Å². The van der Waals surface area contributed by atoms with E-state index < -0.39 is 41.5 Å². The number of carbonyl (C=O) groups excluding carboxylic acids is 1. The van der Waals surface area contributed by atoms with E-state index in [0.717, 1.165) is 12.1 Å². The van der Waals surface area contributed by atoms with Gasteiger partial charge in [-0.05, 0) is 24.1 Å². The van der Waals surface area contributed by atoms with Crippen molar-refractivity contribution in [2.45, 2.75) is 18.6 Å². The van der Waals surface area contributed by atoms with E-state index >= 15 is 0 Å². The van der Waals surface area contributed by atoms with E-state index in [9.17, 15) is 22.8 Å². The highest BCUT2D eigenvalue weighted by molar-refractivity contribution is 5.89. The Hall–Kier alpha value is -2.09. The van der Waals surface area contributed by atoms with Gasteiger partial charge in [0.1, 0.15) is 0 Å². The van der Waals surface area contributed by atoms with E-state index in [1.54, 1.807) is 0 Å². The molecule has 0 bridgehead atoms. The van der Waals surface area contributed by atoms with E-state index in [2.05, 4.69) is 5.32 Å². The second-order valence-electron chi connectivity index (χ2n) is 5.43. The first kappa shape index (κ1) is 17.3. The Morgan fingerprint density at radius 2 is 2.09 bits per heavy atom. The SMILES string of the molecule is COC[C@H](NC(=O)[C@H]1C[C@H]1C(=O)O)c1cccc(C(F)(F)F)c1. The van der Waals surface area contributed by atoms with Crippen molar-refractivity contribution in [2.24, 2.45) is 11.8 Å². The molecule has 1 aliphatic rings. The minimum Gasteiger partial charge on any atom is -0.481 e. The monoisotopic (exact) mass is 331 g/mol. The summed E-state index contributed by atoms with van der Waals surface area (Å²) in [6.45, 7) is -0.0164. The molecule has 1 aromatic carbocycles. The number of carboxylic acid groups (broad SMARTS) is 1. The summed E-state index contributed by atoms with van der Waals surface area (Å²) in [7, 11) is 1.37. The zero-order chi connectivity index (χ0) is 17.2. The van der Waals surface area contributed by atoms with E-state index in [1.807, 2.05) is 0 Å². The summed E-state index contributed by atoms with van der Waals surface area (Å²) in [5.74, 6) is -2.90. The lowest BCUT2D eigenvalue weighted by molar-refractivity contribution is -0.140. The molecule has 0 heterocycles. The molecule has 8 heteroatoms. The van der Waals surface area contributed by atoms with Crippen LogP contribution in [0.5, 0.6) is 0 Å². The van der Waals surface area contributed by atoms with Crippen molar-refractivity contribution in [2.75, 3.05) is 13.7 Å². The van der Waals surface area contributed by atoms with Gasteiger partial charge in [-0.15, -0.1) is 0 Å². The standard InChI is InChI=1S/C15H16F3NO4/c1-23-7-12(19-13(20)10-6-11(10)14(21)22)8-3-2-4-9(5-8)15(16,17)18/h2-5,10-12H,6-7H2,1H3,(H,19,20)(H,21,22)/t10-,11+,12-/m0/s1. The van der Waals surface area contributed by atoms with Crippen molar-refractivity contribution in [3.8, 4) is 0 Å². The number of amides is 1. The van der Waals surface area contributed by atoms with Gasteiger partial charge in [-0.1, -0.05) is 12.1 Å². The summed E-state index contributed by atoms with van der Waals surface area (Å²) >= 11 is 0. The van der Waals surface area contributed by atoms with Crippen LogP contribution in [0.2, 0.25) is 0 Å². The van der Waals surface area contributed by atoms with Crippen LogP contribution < -0.4 is 5.32 Å². The summed E-state index contributed by atoms with van der Waals surface area (Å²) in [4.78, 5) is 22.8. The number of aliphatic carboxylic acids is 1. The van der Waals surface area contributed by atoms with Crippen molar-refractivity contribution >= 4 is 11.9 Å². The summed E-state index contributed by atoms with van der Waals surface area (Å²) in [5, 5.41) is 11.4. The Morgan fingerprint density at radius 3 is 2.61 bits per heavy atom. The molecule has 1 amide bonds. The maximum atomic E-state index is 12.8. The molecule has 23 heavy (non-hydrogen) atoms. The molecule has 0 radical (unpaired) electrons. The van der Waals surface area contributed by atoms with Gasteiger partial charge in [-0.2, -0.15) is 13.2 Å². The Balaban J connectivity index is 2.13. The first-order valence-electron chi connectivity index (χ1n) is 6.93.